The van der Waals surface area contributed by atoms with Gasteiger partial charge in [-0.25, -0.2) is 13.1 Å². The van der Waals surface area contributed by atoms with Gasteiger partial charge in [-0.1, -0.05) is 6.92 Å². The first-order valence-electron chi connectivity index (χ1n) is 6.06. The molecule has 0 aliphatic heterocycles. The number of hydrogen-bond acceptors (Lipinski definition) is 5. The Morgan fingerprint density at radius 1 is 1.52 bits per heavy atom. The second-order valence-electron chi connectivity index (χ2n) is 4.42. The Kier molecular flexibility index (Phi) is 5.34. The van der Waals surface area contributed by atoms with Crippen LogP contribution in [0.25, 0.3) is 0 Å². The largest absolute Gasteiger partial charge is 0.306 e. The highest BCUT2D eigenvalue weighted by atomic mass is 32.2. The summed E-state index contributed by atoms with van der Waals surface area (Å²) in [5, 5.41) is 19.4. The fraction of sp³-hybridized carbons (Fsp3) is 0.417. The molecule has 0 spiro atoms. The first-order chi connectivity index (χ1) is 9.72. The first-order valence-corrected chi connectivity index (χ1v) is 7.55. The van der Waals surface area contributed by atoms with Crippen molar-refractivity contribution in [2.24, 2.45) is 0 Å². The molecule has 1 rings (SSSR count). The van der Waals surface area contributed by atoms with Gasteiger partial charge in [-0.3, -0.25) is 10.1 Å². The van der Waals surface area contributed by atoms with Crippen molar-refractivity contribution >= 4 is 15.7 Å². The molecule has 9 heteroatoms. The number of halogens is 1. The molecule has 7 nitrogen and oxygen atoms in total. The number of aryl methyl sites for hydroxylation is 1. The van der Waals surface area contributed by atoms with Crippen molar-refractivity contribution in [3.05, 3.63) is 33.6 Å². The molecule has 0 bridgehead atoms. The van der Waals surface area contributed by atoms with Crippen LogP contribution < -0.4 is 4.72 Å². The zero-order valence-corrected chi connectivity index (χ0v) is 12.3. The third-order valence-electron chi connectivity index (χ3n) is 2.87. The van der Waals surface area contributed by atoms with Crippen LogP contribution in [-0.2, 0) is 10.0 Å². The Hall–Kier alpha value is -2.05. The SMILES string of the molecule is CCC(CC#N)NS(=O)(=O)c1cc(C)c(F)c([N+](=O)[O-])c1. The van der Waals surface area contributed by atoms with E-state index in [0.29, 0.717) is 12.5 Å². The van der Waals surface area contributed by atoms with Gasteiger partial charge in [0.25, 0.3) is 0 Å². The number of hydrogen-bond donors (Lipinski definition) is 1. The van der Waals surface area contributed by atoms with E-state index in [1.165, 1.54) is 6.92 Å². The van der Waals surface area contributed by atoms with E-state index in [-0.39, 0.29) is 12.0 Å². The van der Waals surface area contributed by atoms with E-state index in [1.807, 2.05) is 6.07 Å². The summed E-state index contributed by atoms with van der Waals surface area (Å²) in [6.07, 6.45) is 0.354. The third-order valence-corrected chi connectivity index (χ3v) is 4.37. The van der Waals surface area contributed by atoms with Gasteiger partial charge in [0.1, 0.15) is 0 Å². The minimum atomic E-state index is -4.06. The van der Waals surface area contributed by atoms with Crippen molar-refractivity contribution < 1.29 is 17.7 Å². The molecule has 0 fully saturated rings. The van der Waals surface area contributed by atoms with Gasteiger partial charge in [0.15, 0.2) is 0 Å². The number of nitro groups is 1. The van der Waals surface area contributed by atoms with E-state index in [4.69, 9.17) is 5.26 Å². The quantitative estimate of drug-likeness (QED) is 0.637. The average Bonchev–Trinajstić information content (AvgIpc) is 2.40. The van der Waals surface area contributed by atoms with Crippen LogP contribution in [0, 0.1) is 34.2 Å². The summed E-state index contributed by atoms with van der Waals surface area (Å²) in [6.45, 7) is 2.94. The lowest BCUT2D eigenvalue weighted by atomic mass is 10.2. The van der Waals surface area contributed by atoms with Gasteiger partial charge < -0.3 is 0 Å². The van der Waals surface area contributed by atoms with Crippen molar-refractivity contribution in [2.75, 3.05) is 0 Å². The Bertz CT molecular complexity index is 697. The summed E-state index contributed by atoms with van der Waals surface area (Å²) in [5.41, 5.74) is -1.04. The molecule has 0 saturated heterocycles. The Morgan fingerprint density at radius 3 is 2.62 bits per heavy atom. The van der Waals surface area contributed by atoms with Crippen LogP contribution in [0.1, 0.15) is 25.3 Å². The second-order valence-corrected chi connectivity index (χ2v) is 6.13. The van der Waals surface area contributed by atoms with Gasteiger partial charge >= 0.3 is 5.69 Å². The van der Waals surface area contributed by atoms with Gasteiger partial charge in [0, 0.05) is 12.1 Å². The summed E-state index contributed by atoms with van der Waals surface area (Å²) in [7, 11) is -4.06. The van der Waals surface area contributed by atoms with Crippen LogP contribution in [-0.4, -0.2) is 19.4 Å². The molecular formula is C12H14FN3O4S. The maximum atomic E-state index is 13.6. The lowest BCUT2D eigenvalue weighted by molar-refractivity contribution is -0.387. The van der Waals surface area contributed by atoms with Crippen LogP contribution in [0.15, 0.2) is 17.0 Å². The van der Waals surface area contributed by atoms with Gasteiger partial charge in [-0.15, -0.1) is 0 Å². The lowest BCUT2D eigenvalue weighted by Crippen LogP contribution is -2.34. The number of sulfonamides is 1. The van der Waals surface area contributed by atoms with E-state index < -0.39 is 37.4 Å². The Labute approximate surface area is 121 Å². The van der Waals surface area contributed by atoms with E-state index in [0.717, 1.165) is 6.07 Å². The van der Waals surface area contributed by atoms with Crippen molar-refractivity contribution in [2.45, 2.75) is 37.6 Å². The van der Waals surface area contributed by atoms with Crippen LogP contribution in [0.5, 0.6) is 0 Å². The van der Waals surface area contributed by atoms with Crippen LogP contribution in [0.3, 0.4) is 0 Å². The van der Waals surface area contributed by atoms with E-state index in [9.17, 15) is 22.9 Å². The molecule has 1 N–H and O–H groups in total. The second kappa shape index (κ2) is 6.60. The summed E-state index contributed by atoms with van der Waals surface area (Å²) < 4.78 is 40.1. The molecular weight excluding hydrogens is 301 g/mol. The molecule has 1 aromatic carbocycles. The van der Waals surface area contributed by atoms with E-state index in [2.05, 4.69) is 4.72 Å². The first kappa shape index (κ1) is 17.0. The number of benzene rings is 1. The molecule has 21 heavy (non-hydrogen) atoms. The fourth-order valence-corrected chi connectivity index (χ4v) is 3.10. The maximum absolute atomic E-state index is 13.6. The number of nitrogens with zero attached hydrogens (tertiary/aromatic N) is 2. The molecule has 114 valence electrons. The smallest absolute Gasteiger partial charge is 0.258 e. The minimum Gasteiger partial charge on any atom is -0.258 e. The standard InChI is InChI=1S/C12H14FN3O4S/c1-3-9(4-5-14)15-21(19,20)10-6-8(2)12(13)11(7-10)16(17)18/h6-7,9,15H,3-4H2,1-2H3. The molecule has 1 unspecified atom stereocenters. The molecule has 0 aliphatic carbocycles. The van der Waals surface area contributed by atoms with Crippen molar-refractivity contribution in [1.29, 1.82) is 5.26 Å². The molecule has 0 aromatic heterocycles. The molecule has 0 heterocycles. The minimum absolute atomic E-state index is 0.0298. The third kappa shape index (κ3) is 3.96. The molecule has 0 aliphatic rings. The predicted octanol–water partition coefficient (Wildman–Crippen LogP) is 2.01. The van der Waals surface area contributed by atoms with Crippen molar-refractivity contribution in [3.8, 4) is 6.07 Å². The molecule has 0 amide bonds. The Balaban J connectivity index is 3.26. The maximum Gasteiger partial charge on any atom is 0.306 e. The number of nitriles is 1. The highest BCUT2D eigenvalue weighted by Gasteiger charge is 2.25. The lowest BCUT2D eigenvalue weighted by Gasteiger charge is -2.14. The predicted molar refractivity (Wildman–Crippen MR) is 72.4 cm³/mol. The highest BCUT2D eigenvalue weighted by molar-refractivity contribution is 7.89. The normalized spacial score (nSPS) is 12.7. The van der Waals surface area contributed by atoms with Gasteiger partial charge in [0.2, 0.25) is 15.8 Å². The monoisotopic (exact) mass is 315 g/mol. The number of nitrogens with one attached hydrogen (secondary N) is 1. The van der Waals surface area contributed by atoms with Crippen LogP contribution in [0.4, 0.5) is 10.1 Å². The summed E-state index contributed by atoms with van der Waals surface area (Å²) >= 11 is 0. The fourth-order valence-electron chi connectivity index (χ4n) is 1.67. The summed E-state index contributed by atoms with van der Waals surface area (Å²) in [5.74, 6) is -1.07. The topological polar surface area (TPSA) is 113 Å². The van der Waals surface area contributed by atoms with E-state index in [1.54, 1.807) is 6.92 Å². The van der Waals surface area contributed by atoms with Crippen molar-refractivity contribution in [3.63, 3.8) is 0 Å². The zero-order chi connectivity index (χ0) is 16.2. The van der Waals surface area contributed by atoms with Crippen LogP contribution >= 0.6 is 0 Å². The van der Waals surface area contributed by atoms with Crippen LogP contribution in [0.2, 0.25) is 0 Å². The molecule has 1 aromatic rings. The molecule has 1 atom stereocenters. The highest BCUT2D eigenvalue weighted by Crippen LogP contribution is 2.25. The van der Waals surface area contributed by atoms with Crippen molar-refractivity contribution in [1.82, 2.24) is 4.72 Å². The van der Waals surface area contributed by atoms with Gasteiger partial charge in [-0.2, -0.15) is 9.65 Å². The molecule has 0 radical (unpaired) electrons. The number of nitro benzene ring substituents is 1. The summed E-state index contributed by atoms with van der Waals surface area (Å²) in [6, 6.07) is 2.93. The molecule has 0 saturated carbocycles. The summed E-state index contributed by atoms with van der Waals surface area (Å²) in [4.78, 5) is 9.36. The van der Waals surface area contributed by atoms with E-state index >= 15 is 0 Å². The number of rotatable bonds is 6. The zero-order valence-electron chi connectivity index (χ0n) is 11.5. The van der Waals surface area contributed by atoms with Gasteiger partial charge in [0.05, 0.1) is 22.3 Å². The van der Waals surface area contributed by atoms with Gasteiger partial charge in [-0.05, 0) is 25.0 Å². The Morgan fingerprint density at radius 2 is 2.14 bits per heavy atom. The average molecular weight is 315 g/mol.